The van der Waals surface area contributed by atoms with Gasteiger partial charge in [-0.2, -0.15) is 0 Å². The molecule has 0 aromatic rings. The Bertz CT molecular complexity index is 72.1. The normalized spacial score (nSPS) is 14.3. The first-order chi connectivity index (χ1) is 4.16. The summed E-state index contributed by atoms with van der Waals surface area (Å²) >= 11 is 10.6. The van der Waals surface area contributed by atoms with Crippen molar-refractivity contribution in [1.29, 1.82) is 0 Å². The molecular weight excluding hydrogens is 186 g/mol. The van der Waals surface area contributed by atoms with Crippen LogP contribution in [0.3, 0.4) is 0 Å². The molecule has 1 atom stereocenters. The first kappa shape index (κ1) is 9.89. The van der Waals surface area contributed by atoms with E-state index in [1.807, 2.05) is 0 Å². The average molecular weight is 193 g/mol. The quantitative estimate of drug-likeness (QED) is 0.524. The summed E-state index contributed by atoms with van der Waals surface area (Å²) < 4.78 is 4.35. The Balaban J connectivity index is 3.15. The molecule has 3 nitrogen and oxygen atoms in total. The largest absolute Gasteiger partial charge is 0.328 e. The number of hydrogen-bond donors (Lipinski definition) is 2. The van der Waals surface area contributed by atoms with Crippen LogP contribution in [0.1, 0.15) is 6.42 Å². The molecule has 2 N–H and O–H groups in total. The zero-order chi connectivity index (χ0) is 7.28. The molecular formula is C3H7Cl2O3P. The van der Waals surface area contributed by atoms with Crippen LogP contribution in [0.5, 0.6) is 0 Å². The van der Waals surface area contributed by atoms with E-state index in [9.17, 15) is 0 Å². The molecule has 6 heteroatoms. The third-order valence-electron chi connectivity index (χ3n) is 0.545. The van der Waals surface area contributed by atoms with Crippen LogP contribution in [0.15, 0.2) is 0 Å². The highest BCUT2D eigenvalue weighted by molar-refractivity contribution is 7.39. The van der Waals surface area contributed by atoms with Crippen LogP contribution >= 0.6 is 31.8 Å². The summed E-state index contributed by atoms with van der Waals surface area (Å²) in [4.78, 5) is 16.4. The van der Waals surface area contributed by atoms with Crippen molar-refractivity contribution in [3.05, 3.63) is 0 Å². The van der Waals surface area contributed by atoms with Gasteiger partial charge in [0.05, 0.1) is 0 Å². The summed E-state index contributed by atoms with van der Waals surface area (Å²) in [5.74, 6) is 0.345. The molecule has 0 amide bonds. The van der Waals surface area contributed by atoms with Crippen LogP contribution in [-0.2, 0) is 4.52 Å². The first-order valence-corrected chi connectivity index (χ1v) is 4.35. The Labute approximate surface area is 64.5 Å². The summed E-state index contributed by atoms with van der Waals surface area (Å²) in [5.41, 5.74) is -0.691. The van der Waals surface area contributed by atoms with E-state index < -0.39 is 14.2 Å². The molecule has 0 aromatic heterocycles. The Morgan fingerprint density at radius 2 is 2.11 bits per heavy atom. The van der Waals surface area contributed by atoms with Crippen LogP contribution in [0, 0.1) is 0 Å². The van der Waals surface area contributed by atoms with Gasteiger partial charge >= 0.3 is 8.60 Å². The molecule has 0 heterocycles. The monoisotopic (exact) mass is 192 g/mol. The van der Waals surface area contributed by atoms with Gasteiger partial charge in [0.2, 0.25) is 0 Å². The summed E-state index contributed by atoms with van der Waals surface area (Å²) in [5, 5.41) is 0. The fraction of sp³-hybridized carbons (Fsp3) is 1.00. The van der Waals surface area contributed by atoms with Gasteiger partial charge in [-0.3, -0.25) is 4.52 Å². The first-order valence-electron chi connectivity index (χ1n) is 2.21. The third-order valence-corrected chi connectivity index (χ3v) is 1.64. The number of hydrogen-bond acceptors (Lipinski definition) is 3. The molecule has 0 aliphatic heterocycles. The molecule has 0 bridgehead atoms. The van der Waals surface area contributed by atoms with Crippen molar-refractivity contribution >= 4 is 31.8 Å². The van der Waals surface area contributed by atoms with Gasteiger partial charge < -0.3 is 9.79 Å². The van der Waals surface area contributed by atoms with E-state index in [-0.39, 0.29) is 0 Å². The molecule has 56 valence electrons. The Morgan fingerprint density at radius 1 is 1.56 bits per heavy atom. The van der Waals surface area contributed by atoms with E-state index in [1.165, 1.54) is 0 Å². The minimum absolute atomic E-state index is 0.345. The smallest absolute Gasteiger partial charge is 0.328 e. The second-order valence-corrected chi connectivity index (χ2v) is 2.83. The number of rotatable bonds is 4. The van der Waals surface area contributed by atoms with Crippen molar-refractivity contribution in [2.24, 2.45) is 0 Å². The van der Waals surface area contributed by atoms with Gasteiger partial charge in [0.25, 0.3) is 0 Å². The molecule has 0 aromatic carbocycles. The second kappa shape index (κ2) is 5.66. The lowest BCUT2D eigenvalue weighted by Crippen LogP contribution is -2.00. The predicted molar refractivity (Wildman–Crippen MR) is 37.4 cm³/mol. The number of alkyl halides is 2. The lowest BCUT2D eigenvalue weighted by molar-refractivity contribution is 0.228. The van der Waals surface area contributed by atoms with E-state index in [1.54, 1.807) is 0 Å². The van der Waals surface area contributed by atoms with Crippen LogP contribution in [0.25, 0.3) is 0 Å². The highest BCUT2D eigenvalue weighted by Crippen LogP contribution is 2.29. The van der Waals surface area contributed by atoms with Crippen LogP contribution < -0.4 is 0 Å². The van der Waals surface area contributed by atoms with Crippen LogP contribution in [0.4, 0.5) is 0 Å². The molecule has 0 saturated carbocycles. The molecule has 0 saturated heterocycles. The van der Waals surface area contributed by atoms with Gasteiger partial charge in [0.1, 0.15) is 5.56 Å². The lowest BCUT2D eigenvalue weighted by Gasteiger charge is -2.07. The molecule has 0 fully saturated rings. The summed E-state index contributed by atoms with van der Waals surface area (Å²) in [6.07, 6.45) is 0.406. The molecule has 1 unspecified atom stereocenters. The molecule has 0 radical (unpaired) electrons. The molecule has 0 aliphatic carbocycles. The summed E-state index contributed by atoms with van der Waals surface area (Å²) in [6, 6.07) is 0. The van der Waals surface area contributed by atoms with Gasteiger partial charge in [-0.15, -0.1) is 11.6 Å². The SMILES string of the molecule is OP(O)OC(Cl)CCCl. The Hall–Kier alpha value is 0.890. The minimum atomic E-state index is -2.34. The minimum Gasteiger partial charge on any atom is -0.328 e. The van der Waals surface area contributed by atoms with Gasteiger partial charge in [0.15, 0.2) is 0 Å². The van der Waals surface area contributed by atoms with Crippen molar-refractivity contribution < 1.29 is 14.3 Å². The number of halogens is 2. The van der Waals surface area contributed by atoms with Crippen molar-refractivity contribution in [3.63, 3.8) is 0 Å². The van der Waals surface area contributed by atoms with Gasteiger partial charge in [-0.1, -0.05) is 11.6 Å². The highest BCUT2D eigenvalue weighted by atomic mass is 35.5. The molecule has 0 aliphatic rings. The Kier molecular flexibility index (Phi) is 6.22. The zero-order valence-corrected chi connectivity index (χ0v) is 6.90. The maximum Gasteiger partial charge on any atom is 0.328 e. The van der Waals surface area contributed by atoms with Crippen molar-refractivity contribution in [3.8, 4) is 0 Å². The molecule has 9 heavy (non-hydrogen) atoms. The second-order valence-electron chi connectivity index (χ2n) is 1.25. The van der Waals surface area contributed by atoms with Crippen LogP contribution in [0.2, 0.25) is 0 Å². The molecule has 0 spiro atoms. The summed E-state index contributed by atoms with van der Waals surface area (Å²) in [6.45, 7) is 0. The van der Waals surface area contributed by atoms with Gasteiger partial charge in [0, 0.05) is 12.3 Å². The average Bonchev–Trinajstić information content (AvgIpc) is 1.63. The van der Waals surface area contributed by atoms with E-state index in [4.69, 9.17) is 33.0 Å². The zero-order valence-electron chi connectivity index (χ0n) is 4.50. The van der Waals surface area contributed by atoms with Crippen molar-refractivity contribution in [1.82, 2.24) is 0 Å². The fourth-order valence-corrected chi connectivity index (χ4v) is 1.18. The van der Waals surface area contributed by atoms with Crippen molar-refractivity contribution in [2.45, 2.75) is 12.0 Å². The van der Waals surface area contributed by atoms with E-state index >= 15 is 0 Å². The van der Waals surface area contributed by atoms with E-state index in [0.29, 0.717) is 12.3 Å². The maximum absolute atomic E-state index is 8.22. The summed E-state index contributed by atoms with van der Waals surface area (Å²) in [7, 11) is -2.34. The molecule has 0 rings (SSSR count). The third kappa shape index (κ3) is 6.78. The topological polar surface area (TPSA) is 49.7 Å². The maximum atomic E-state index is 8.22. The van der Waals surface area contributed by atoms with Crippen LogP contribution in [-0.4, -0.2) is 21.2 Å². The lowest BCUT2D eigenvalue weighted by atomic mass is 10.5. The van der Waals surface area contributed by atoms with E-state index in [2.05, 4.69) is 4.52 Å². The van der Waals surface area contributed by atoms with Crippen molar-refractivity contribution in [2.75, 3.05) is 5.88 Å². The highest BCUT2D eigenvalue weighted by Gasteiger charge is 2.08. The van der Waals surface area contributed by atoms with E-state index in [0.717, 1.165) is 0 Å². The van der Waals surface area contributed by atoms with Gasteiger partial charge in [-0.25, -0.2) is 0 Å². The Morgan fingerprint density at radius 3 is 2.44 bits per heavy atom. The van der Waals surface area contributed by atoms with Gasteiger partial charge in [-0.05, 0) is 0 Å². The predicted octanol–water partition coefficient (Wildman–Crippen LogP) is 1.41. The standard InChI is InChI=1S/C3H7Cl2O3P/c4-2-1-3(5)8-9(6)7/h3,6-7H,1-2H2. The fourth-order valence-electron chi connectivity index (χ4n) is 0.241.